The highest BCUT2D eigenvalue weighted by atomic mass is 35.5. The van der Waals surface area contributed by atoms with Crippen LogP contribution >= 0.6 is 12.4 Å². The Morgan fingerprint density at radius 3 is 2.58 bits per heavy atom. The van der Waals surface area contributed by atoms with E-state index in [2.05, 4.69) is 32.9 Å². The molecule has 0 spiro atoms. The van der Waals surface area contributed by atoms with E-state index < -0.39 is 6.10 Å². The lowest BCUT2D eigenvalue weighted by Gasteiger charge is -2.26. The average Bonchev–Trinajstić information content (AvgIpc) is 2.87. The van der Waals surface area contributed by atoms with Crippen LogP contribution in [0.25, 0.3) is 0 Å². The van der Waals surface area contributed by atoms with Crippen LogP contribution < -0.4 is 10.5 Å². The number of ether oxygens (including phenoxy) is 1. The van der Waals surface area contributed by atoms with E-state index in [9.17, 15) is 4.79 Å². The molecule has 1 aliphatic heterocycles. The van der Waals surface area contributed by atoms with Gasteiger partial charge in [-0.25, -0.2) is 0 Å². The minimum absolute atomic E-state index is 0. The van der Waals surface area contributed by atoms with Gasteiger partial charge in [0.05, 0.1) is 0 Å². The third-order valence-electron chi connectivity index (χ3n) is 4.72. The van der Waals surface area contributed by atoms with Crippen LogP contribution in [0.2, 0.25) is 0 Å². The number of benzene rings is 1. The number of carbonyl (C=O) groups excluding carboxylic acids is 1. The molecule has 0 aliphatic carbocycles. The Balaban J connectivity index is 0.00000288. The number of hydrogen-bond acceptors (Lipinski definition) is 3. The largest absolute Gasteiger partial charge is 0.481 e. The predicted octanol–water partition coefficient (Wildman–Crippen LogP) is 3.50. The summed E-state index contributed by atoms with van der Waals surface area (Å²) >= 11 is 0. The Labute approximate surface area is 152 Å². The monoisotopic (exact) mass is 354 g/mol. The van der Waals surface area contributed by atoms with Crippen LogP contribution in [-0.2, 0) is 4.79 Å². The number of aryl methyl sites for hydroxylation is 1. The highest BCUT2D eigenvalue weighted by Crippen LogP contribution is 2.29. The van der Waals surface area contributed by atoms with Gasteiger partial charge >= 0.3 is 0 Å². The predicted molar refractivity (Wildman–Crippen MR) is 101 cm³/mol. The molecule has 0 aromatic heterocycles. The van der Waals surface area contributed by atoms with Gasteiger partial charge < -0.3 is 15.4 Å². The molecule has 1 aliphatic rings. The molecule has 0 radical (unpaired) electrons. The minimum Gasteiger partial charge on any atom is -0.481 e. The molecule has 1 amide bonds. The first-order valence-corrected chi connectivity index (χ1v) is 8.61. The van der Waals surface area contributed by atoms with E-state index in [4.69, 9.17) is 10.5 Å². The lowest BCUT2D eigenvalue weighted by Crippen LogP contribution is -2.42. The molecule has 4 nitrogen and oxygen atoms in total. The molecule has 2 rings (SSSR count). The van der Waals surface area contributed by atoms with Crippen molar-refractivity contribution in [2.75, 3.05) is 13.1 Å². The molecular formula is C19H31ClN2O2. The molecule has 0 bridgehead atoms. The molecule has 1 saturated heterocycles. The smallest absolute Gasteiger partial charge is 0.263 e. The molecule has 136 valence electrons. The maximum Gasteiger partial charge on any atom is 0.263 e. The molecule has 1 fully saturated rings. The van der Waals surface area contributed by atoms with Crippen molar-refractivity contribution in [3.05, 3.63) is 29.3 Å². The number of nitrogens with zero attached hydrogens (tertiary/aromatic N) is 1. The Morgan fingerprint density at radius 2 is 2.04 bits per heavy atom. The molecular weight excluding hydrogens is 324 g/mol. The van der Waals surface area contributed by atoms with Crippen LogP contribution in [0.3, 0.4) is 0 Å². The molecule has 1 aromatic carbocycles. The molecule has 3 unspecified atom stereocenters. The molecule has 1 aromatic rings. The topological polar surface area (TPSA) is 55.6 Å². The van der Waals surface area contributed by atoms with E-state index in [0.29, 0.717) is 18.4 Å². The van der Waals surface area contributed by atoms with E-state index in [1.165, 1.54) is 0 Å². The standard InChI is InChI=1S/C19H30N2O2.ClH/c1-12(2)17-7-6-13(3)8-18(17)23-15(5)19(22)21-11-16(10-20)9-14(21)4;/h6-8,12,14-16H,9-11,20H2,1-5H3;1H. The van der Waals surface area contributed by atoms with Gasteiger partial charge in [0.15, 0.2) is 6.10 Å². The molecule has 24 heavy (non-hydrogen) atoms. The zero-order chi connectivity index (χ0) is 17.1. The van der Waals surface area contributed by atoms with Crippen LogP contribution in [0.1, 0.15) is 51.2 Å². The van der Waals surface area contributed by atoms with E-state index >= 15 is 0 Å². The van der Waals surface area contributed by atoms with Crippen LogP contribution in [0, 0.1) is 12.8 Å². The first-order chi connectivity index (χ1) is 10.8. The van der Waals surface area contributed by atoms with Crippen molar-refractivity contribution in [1.29, 1.82) is 0 Å². The Kier molecular flexibility index (Phi) is 7.56. The normalized spacial score (nSPS) is 21.5. The fourth-order valence-corrected chi connectivity index (χ4v) is 3.32. The number of amides is 1. The second kappa shape index (κ2) is 8.72. The van der Waals surface area contributed by atoms with Crippen molar-refractivity contribution in [3.8, 4) is 5.75 Å². The third-order valence-corrected chi connectivity index (χ3v) is 4.72. The fraction of sp³-hybridized carbons (Fsp3) is 0.632. The molecule has 2 N–H and O–H groups in total. The van der Waals surface area contributed by atoms with Crippen LogP contribution in [0.5, 0.6) is 5.75 Å². The summed E-state index contributed by atoms with van der Waals surface area (Å²) in [6.45, 7) is 11.6. The van der Waals surface area contributed by atoms with Gasteiger partial charge in [0.2, 0.25) is 0 Å². The van der Waals surface area contributed by atoms with Gasteiger partial charge in [0.1, 0.15) is 5.75 Å². The molecule has 1 heterocycles. The number of nitrogens with two attached hydrogens (primary N) is 1. The average molecular weight is 355 g/mol. The van der Waals surface area contributed by atoms with Gasteiger partial charge in [-0.3, -0.25) is 4.79 Å². The summed E-state index contributed by atoms with van der Waals surface area (Å²) in [7, 11) is 0. The van der Waals surface area contributed by atoms with Gasteiger partial charge in [0.25, 0.3) is 5.91 Å². The summed E-state index contributed by atoms with van der Waals surface area (Å²) in [6.07, 6.45) is 0.504. The summed E-state index contributed by atoms with van der Waals surface area (Å²) in [4.78, 5) is 14.7. The van der Waals surface area contributed by atoms with Gasteiger partial charge in [-0.2, -0.15) is 0 Å². The Morgan fingerprint density at radius 1 is 1.38 bits per heavy atom. The zero-order valence-corrected chi connectivity index (χ0v) is 16.2. The summed E-state index contributed by atoms with van der Waals surface area (Å²) in [6, 6.07) is 6.44. The molecule has 3 atom stereocenters. The number of hydrogen-bond donors (Lipinski definition) is 1. The summed E-state index contributed by atoms with van der Waals surface area (Å²) in [5.41, 5.74) is 8.04. The lowest BCUT2D eigenvalue weighted by atomic mass is 10.0. The van der Waals surface area contributed by atoms with E-state index in [-0.39, 0.29) is 24.4 Å². The lowest BCUT2D eigenvalue weighted by molar-refractivity contribution is -0.138. The van der Waals surface area contributed by atoms with Crippen molar-refractivity contribution in [2.24, 2.45) is 11.7 Å². The van der Waals surface area contributed by atoms with Crippen LogP contribution in [0.15, 0.2) is 18.2 Å². The maximum atomic E-state index is 12.7. The number of halogens is 1. The number of carbonyl (C=O) groups is 1. The SMILES string of the molecule is Cc1ccc(C(C)C)c(OC(C)C(=O)N2CC(CN)CC2C)c1.Cl. The highest BCUT2D eigenvalue weighted by Gasteiger charge is 2.34. The van der Waals surface area contributed by atoms with Gasteiger partial charge in [0, 0.05) is 12.6 Å². The summed E-state index contributed by atoms with van der Waals surface area (Å²) in [5.74, 6) is 1.65. The van der Waals surface area contributed by atoms with Crippen molar-refractivity contribution < 1.29 is 9.53 Å². The second-order valence-corrected chi connectivity index (χ2v) is 7.13. The first-order valence-electron chi connectivity index (χ1n) is 8.61. The van der Waals surface area contributed by atoms with Crippen LogP contribution in [0.4, 0.5) is 0 Å². The minimum atomic E-state index is -0.478. The summed E-state index contributed by atoms with van der Waals surface area (Å²) in [5, 5.41) is 0. The van der Waals surface area contributed by atoms with Crippen molar-refractivity contribution in [3.63, 3.8) is 0 Å². The van der Waals surface area contributed by atoms with Gasteiger partial charge in [-0.15, -0.1) is 12.4 Å². The van der Waals surface area contributed by atoms with Crippen molar-refractivity contribution in [1.82, 2.24) is 4.90 Å². The Bertz CT molecular complexity index is 562. The first kappa shape index (κ1) is 20.8. The second-order valence-electron chi connectivity index (χ2n) is 7.13. The highest BCUT2D eigenvalue weighted by molar-refractivity contribution is 5.85. The maximum absolute atomic E-state index is 12.7. The van der Waals surface area contributed by atoms with E-state index in [1.807, 2.05) is 24.8 Å². The Hall–Kier alpha value is -1.26. The van der Waals surface area contributed by atoms with Crippen LogP contribution in [-0.4, -0.2) is 36.0 Å². The van der Waals surface area contributed by atoms with E-state index in [1.54, 1.807) is 0 Å². The van der Waals surface area contributed by atoms with Gasteiger partial charge in [-0.1, -0.05) is 26.0 Å². The number of likely N-dealkylation sites (tertiary alicyclic amines) is 1. The van der Waals surface area contributed by atoms with Crippen molar-refractivity contribution in [2.45, 2.75) is 59.1 Å². The van der Waals surface area contributed by atoms with Gasteiger partial charge in [-0.05, 0) is 62.8 Å². The quantitative estimate of drug-likeness (QED) is 0.880. The van der Waals surface area contributed by atoms with E-state index in [0.717, 1.165) is 29.8 Å². The molecule has 5 heteroatoms. The van der Waals surface area contributed by atoms with Crippen molar-refractivity contribution >= 4 is 18.3 Å². The molecule has 0 saturated carbocycles. The summed E-state index contributed by atoms with van der Waals surface area (Å²) < 4.78 is 6.06. The third kappa shape index (κ3) is 4.64. The zero-order valence-electron chi connectivity index (χ0n) is 15.4. The number of rotatable bonds is 5. The fourth-order valence-electron chi connectivity index (χ4n) is 3.32.